The second-order valence-corrected chi connectivity index (χ2v) is 4.37. The van der Waals surface area contributed by atoms with Gasteiger partial charge in [-0.1, -0.05) is 12.1 Å². The van der Waals surface area contributed by atoms with Gasteiger partial charge in [-0.25, -0.2) is 13.3 Å². The first-order valence-corrected chi connectivity index (χ1v) is 6.11. The third kappa shape index (κ3) is 1.94. The van der Waals surface area contributed by atoms with Gasteiger partial charge in [-0.3, -0.25) is 4.98 Å². The van der Waals surface area contributed by atoms with Gasteiger partial charge in [-0.05, 0) is 13.1 Å². The Labute approximate surface area is 114 Å². The van der Waals surface area contributed by atoms with E-state index in [1.807, 2.05) is 0 Å². The molecule has 0 amide bonds. The third-order valence-corrected chi connectivity index (χ3v) is 3.25. The number of halogens is 2. The van der Waals surface area contributed by atoms with Crippen LogP contribution < -0.4 is 5.32 Å². The summed E-state index contributed by atoms with van der Waals surface area (Å²) in [5.41, 5.74) is 1.73. The minimum absolute atomic E-state index is 0.242. The minimum Gasteiger partial charge on any atom is -0.309 e. The molecule has 6 heteroatoms. The van der Waals surface area contributed by atoms with E-state index in [0.29, 0.717) is 0 Å². The molecule has 0 spiro atoms. The van der Waals surface area contributed by atoms with Crippen LogP contribution in [0, 0.1) is 11.6 Å². The highest BCUT2D eigenvalue weighted by Crippen LogP contribution is 2.27. The van der Waals surface area contributed by atoms with E-state index < -0.39 is 17.7 Å². The van der Waals surface area contributed by atoms with Crippen molar-refractivity contribution in [1.82, 2.24) is 19.9 Å². The molecule has 1 atom stereocenters. The summed E-state index contributed by atoms with van der Waals surface area (Å²) in [6.07, 6.45) is 6.58. The molecule has 1 unspecified atom stereocenters. The fourth-order valence-electron chi connectivity index (χ4n) is 2.30. The van der Waals surface area contributed by atoms with E-state index in [-0.39, 0.29) is 5.56 Å². The van der Waals surface area contributed by atoms with Crippen LogP contribution in [0.2, 0.25) is 0 Å². The normalized spacial score (nSPS) is 12.8. The average molecular weight is 274 g/mol. The average Bonchev–Trinajstić information content (AvgIpc) is 2.88. The number of nitrogens with one attached hydrogen (secondary N) is 1. The Morgan fingerprint density at radius 3 is 2.85 bits per heavy atom. The first-order valence-electron chi connectivity index (χ1n) is 6.11. The van der Waals surface area contributed by atoms with Crippen LogP contribution in [-0.2, 0) is 0 Å². The largest absolute Gasteiger partial charge is 0.309 e. The fourth-order valence-corrected chi connectivity index (χ4v) is 2.30. The first-order chi connectivity index (χ1) is 9.72. The van der Waals surface area contributed by atoms with Crippen molar-refractivity contribution in [2.45, 2.75) is 6.04 Å². The smallest absolute Gasteiger partial charge is 0.163 e. The molecule has 0 radical (unpaired) electrons. The summed E-state index contributed by atoms with van der Waals surface area (Å²) in [7, 11) is 1.69. The minimum atomic E-state index is -0.864. The summed E-state index contributed by atoms with van der Waals surface area (Å²) < 4.78 is 29.0. The number of hydrogen-bond donors (Lipinski definition) is 1. The monoisotopic (exact) mass is 274 g/mol. The summed E-state index contributed by atoms with van der Waals surface area (Å²) in [6, 6.07) is 3.65. The highest BCUT2D eigenvalue weighted by atomic mass is 19.2. The summed E-state index contributed by atoms with van der Waals surface area (Å²) in [4.78, 5) is 4.04. The van der Waals surface area contributed by atoms with Crippen molar-refractivity contribution in [3.63, 3.8) is 0 Å². The Bertz CT molecular complexity index is 754. The van der Waals surface area contributed by atoms with Gasteiger partial charge in [0.1, 0.15) is 0 Å². The number of rotatable bonds is 3. The maximum absolute atomic E-state index is 14.0. The Balaban J connectivity index is 2.17. The van der Waals surface area contributed by atoms with Crippen LogP contribution in [0.3, 0.4) is 0 Å². The third-order valence-electron chi connectivity index (χ3n) is 3.25. The lowest BCUT2D eigenvalue weighted by atomic mass is 9.99. The zero-order valence-corrected chi connectivity index (χ0v) is 10.7. The quantitative estimate of drug-likeness (QED) is 0.797. The highest BCUT2D eigenvalue weighted by molar-refractivity contribution is 5.55. The van der Waals surface area contributed by atoms with E-state index in [1.165, 1.54) is 6.07 Å². The molecule has 0 aliphatic carbocycles. The summed E-state index contributed by atoms with van der Waals surface area (Å²) in [6.45, 7) is 0. The highest BCUT2D eigenvalue weighted by Gasteiger charge is 2.21. The van der Waals surface area contributed by atoms with Gasteiger partial charge in [-0.15, -0.1) is 0 Å². The fraction of sp³-hybridized carbons (Fsp3) is 0.143. The molecule has 2 heterocycles. The maximum Gasteiger partial charge on any atom is 0.163 e. The number of hydrogen-bond acceptors (Lipinski definition) is 3. The molecule has 1 aromatic carbocycles. The number of nitrogens with zero attached hydrogens (tertiary/aromatic N) is 3. The second-order valence-electron chi connectivity index (χ2n) is 4.37. The molecule has 0 saturated heterocycles. The molecular weight excluding hydrogens is 262 g/mol. The van der Waals surface area contributed by atoms with Gasteiger partial charge in [0.25, 0.3) is 0 Å². The molecule has 3 aromatic rings. The van der Waals surface area contributed by atoms with E-state index in [1.54, 1.807) is 42.4 Å². The summed E-state index contributed by atoms with van der Waals surface area (Å²) in [5.74, 6) is -1.72. The Morgan fingerprint density at radius 2 is 2.05 bits per heavy atom. The van der Waals surface area contributed by atoms with E-state index in [9.17, 15) is 8.78 Å². The number of aromatic nitrogens is 3. The van der Waals surface area contributed by atoms with Gasteiger partial charge in [0.2, 0.25) is 0 Å². The molecular formula is C14H12F2N4. The molecule has 0 aliphatic rings. The number of fused-ring (bicyclic) bond motifs is 1. The lowest BCUT2D eigenvalue weighted by molar-refractivity contribution is 0.487. The van der Waals surface area contributed by atoms with E-state index in [2.05, 4.69) is 15.4 Å². The Morgan fingerprint density at radius 1 is 1.20 bits per heavy atom. The van der Waals surface area contributed by atoms with Gasteiger partial charge in [0.15, 0.2) is 11.6 Å². The van der Waals surface area contributed by atoms with Crippen LogP contribution >= 0.6 is 0 Å². The van der Waals surface area contributed by atoms with Crippen molar-refractivity contribution < 1.29 is 8.78 Å². The first kappa shape index (κ1) is 12.7. The van der Waals surface area contributed by atoms with Crippen molar-refractivity contribution in [1.29, 1.82) is 0 Å². The van der Waals surface area contributed by atoms with Crippen LogP contribution in [0.1, 0.15) is 17.2 Å². The topological polar surface area (TPSA) is 42.2 Å². The van der Waals surface area contributed by atoms with Crippen molar-refractivity contribution in [3.8, 4) is 0 Å². The molecule has 0 bridgehead atoms. The van der Waals surface area contributed by atoms with Gasteiger partial charge in [-0.2, -0.15) is 5.10 Å². The van der Waals surface area contributed by atoms with Crippen LogP contribution in [0.25, 0.3) is 5.52 Å². The lowest BCUT2D eigenvalue weighted by Crippen LogP contribution is -2.19. The van der Waals surface area contributed by atoms with E-state index >= 15 is 0 Å². The van der Waals surface area contributed by atoms with Crippen molar-refractivity contribution >= 4 is 5.52 Å². The molecule has 4 nitrogen and oxygen atoms in total. The Kier molecular flexibility index (Phi) is 3.15. The van der Waals surface area contributed by atoms with Crippen LogP contribution in [0.4, 0.5) is 8.78 Å². The van der Waals surface area contributed by atoms with Crippen LogP contribution in [0.15, 0.2) is 43.0 Å². The van der Waals surface area contributed by atoms with Crippen molar-refractivity contribution in [2.75, 3.05) is 7.05 Å². The Hall–Kier alpha value is -2.34. The van der Waals surface area contributed by atoms with Crippen LogP contribution in [-0.4, -0.2) is 21.6 Å². The standard InChI is InChI=1S/C14H12F2N4/c1-17-14(9-3-2-4-11(15)13(9)16)10-7-19-20-6-5-18-8-12(10)20/h2-8,14,17H,1H3. The SMILES string of the molecule is CNC(c1cccc(F)c1F)c1cnn2ccncc12. The predicted octanol–water partition coefficient (Wildman–Crippen LogP) is 2.32. The predicted molar refractivity (Wildman–Crippen MR) is 70.2 cm³/mol. The molecule has 0 fully saturated rings. The van der Waals surface area contributed by atoms with E-state index in [0.717, 1.165) is 17.1 Å². The van der Waals surface area contributed by atoms with Gasteiger partial charge < -0.3 is 5.32 Å². The molecule has 2 aromatic heterocycles. The zero-order chi connectivity index (χ0) is 14.1. The molecule has 0 aliphatic heterocycles. The molecule has 20 heavy (non-hydrogen) atoms. The molecule has 0 saturated carbocycles. The summed E-state index contributed by atoms with van der Waals surface area (Å²) in [5, 5.41) is 7.18. The maximum atomic E-state index is 14.0. The second kappa shape index (κ2) is 4.97. The number of benzene rings is 1. The van der Waals surface area contributed by atoms with Crippen molar-refractivity contribution in [2.24, 2.45) is 0 Å². The molecule has 3 rings (SSSR count). The molecule has 102 valence electrons. The van der Waals surface area contributed by atoms with Crippen molar-refractivity contribution in [3.05, 3.63) is 65.7 Å². The van der Waals surface area contributed by atoms with Crippen LogP contribution in [0.5, 0.6) is 0 Å². The van der Waals surface area contributed by atoms with Gasteiger partial charge >= 0.3 is 0 Å². The van der Waals surface area contributed by atoms with Gasteiger partial charge in [0, 0.05) is 23.5 Å². The van der Waals surface area contributed by atoms with Gasteiger partial charge in [0.05, 0.1) is 24.0 Å². The van der Waals surface area contributed by atoms with E-state index in [4.69, 9.17) is 0 Å². The lowest BCUT2D eigenvalue weighted by Gasteiger charge is -2.16. The molecule has 1 N–H and O–H groups in total. The summed E-state index contributed by atoms with van der Waals surface area (Å²) >= 11 is 0. The zero-order valence-electron chi connectivity index (χ0n) is 10.7.